The molecule has 6 heteroatoms. The number of carbonyl (C=O) groups is 2. The van der Waals surface area contributed by atoms with Crippen LogP contribution in [-0.2, 0) is 20.7 Å². The number of hydrogen-bond acceptors (Lipinski definition) is 5. The highest BCUT2D eigenvalue weighted by Crippen LogP contribution is 2.18. The second-order valence-corrected chi connectivity index (χ2v) is 4.64. The molecule has 1 N–H and O–H groups in total. The minimum atomic E-state index is -1.10. The van der Waals surface area contributed by atoms with E-state index in [0.717, 1.165) is 16.6 Å². The van der Waals surface area contributed by atoms with Gasteiger partial charge in [0, 0.05) is 18.8 Å². The van der Waals surface area contributed by atoms with Gasteiger partial charge in [0.2, 0.25) is 6.41 Å². The van der Waals surface area contributed by atoms with Crippen molar-refractivity contribution in [3.8, 4) is 0 Å². The lowest BCUT2D eigenvalue weighted by molar-refractivity contribution is -0.148. The van der Waals surface area contributed by atoms with Gasteiger partial charge in [0.25, 0.3) is 0 Å². The third-order valence-corrected chi connectivity index (χ3v) is 3.10. The molecule has 2 aromatic rings. The summed E-state index contributed by atoms with van der Waals surface area (Å²) in [6, 6.07) is 5.52. The molecule has 0 fully saturated rings. The first kappa shape index (κ1) is 13.9. The Labute approximate surface area is 116 Å². The molecule has 0 aliphatic rings. The number of amides is 1. The van der Waals surface area contributed by atoms with E-state index in [9.17, 15) is 9.59 Å². The number of esters is 1. The molecular formula is C14H15N3O3. The number of aromatic nitrogens is 2. The van der Waals surface area contributed by atoms with Gasteiger partial charge in [-0.15, -0.1) is 0 Å². The summed E-state index contributed by atoms with van der Waals surface area (Å²) in [5, 5.41) is 2.52. The summed E-state index contributed by atoms with van der Waals surface area (Å²) >= 11 is 0. The molecule has 104 valence electrons. The highest BCUT2D eigenvalue weighted by atomic mass is 16.5. The monoisotopic (exact) mass is 273 g/mol. The third-order valence-electron chi connectivity index (χ3n) is 3.10. The van der Waals surface area contributed by atoms with E-state index in [0.29, 0.717) is 12.8 Å². The van der Waals surface area contributed by atoms with Crippen LogP contribution in [0.4, 0.5) is 0 Å². The summed E-state index contributed by atoms with van der Waals surface area (Å²) in [6.07, 6.45) is 4.03. The number of rotatable bonds is 5. The van der Waals surface area contributed by atoms with Crippen molar-refractivity contribution in [2.45, 2.75) is 18.9 Å². The Morgan fingerprint density at radius 1 is 1.35 bits per heavy atom. The van der Waals surface area contributed by atoms with Gasteiger partial charge >= 0.3 is 5.97 Å². The van der Waals surface area contributed by atoms with Crippen LogP contribution in [0.1, 0.15) is 12.5 Å². The maximum atomic E-state index is 11.8. The van der Waals surface area contributed by atoms with Crippen molar-refractivity contribution < 1.29 is 14.3 Å². The van der Waals surface area contributed by atoms with Crippen molar-refractivity contribution in [3.63, 3.8) is 0 Å². The average molecular weight is 273 g/mol. The molecule has 0 saturated heterocycles. The largest absolute Gasteiger partial charge is 0.467 e. The van der Waals surface area contributed by atoms with Gasteiger partial charge in [-0.1, -0.05) is 6.07 Å². The molecule has 1 aromatic carbocycles. The lowest BCUT2D eigenvalue weighted by Crippen LogP contribution is -2.51. The van der Waals surface area contributed by atoms with E-state index in [1.165, 1.54) is 7.11 Å². The molecule has 1 heterocycles. The fraction of sp³-hybridized carbons (Fsp3) is 0.286. The molecule has 0 bridgehead atoms. The van der Waals surface area contributed by atoms with Crippen LogP contribution in [0.25, 0.3) is 11.0 Å². The Hall–Kier alpha value is -2.50. The molecule has 0 radical (unpaired) electrons. The maximum absolute atomic E-state index is 11.8. The smallest absolute Gasteiger partial charge is 0.331 e. The van der Waals surface area contributed by atoms with Crippen LogP contribution in [0.15, 0.2) is 30.6 Å². The Morgan fingerprint density at radius 2 is 2.05 bits per heavy atom. The highest BCUT2D eigenvalue weighted by Gasteiger charge is 2.34. The molecule has 6 nitrogen and oxygen atoms in total. The van der Waals surface area contributed by atoms with Gasteiger partial charge in [0.05, 0.1) is 18.1 Å². The zero-order valence-electron chi connectivity index (χ0n) is 11.3. The first-order chi connectivity index (χ1) is 9.59. The predicted octanol–water partition coefficient (Wildman–Crippen LogP) is 0.850. The molecular weight excluding hydrogens is 258 g/mol. The Morgan fingerprint density at radius 3 is 2.70 bits per heavy atom. The standard InChI is InChI=1S/C14H15N3O3/c1-14(17-9-18,13(19)20-2)8-10-3-4-11-12(7-10)16-6-5-15-11/h3-7,9H,8H2,1-2H3,(H,17,18)/t14-/m1/s1. The Balaban J connectivity index is 2.33. The van der Waals surface area contributed by atoms with Gasteiger partial charge in [-0.3, -0.25) is 14.8 Å². The lowest BCUT2D eigenvalue weighted by atomic mass is 9.93. The molecule has 2 rings (SSSR count). The normalized spacial score (nSPS) is 13.5. The Bertz CT molecular complexity index is 644. The summed E-state index contributed by atoms with van der Waals surface area (Å²) < 4.78 is 4.74. The van der Waals surface area contributed by atoms with Crippen molar-refractivity contribution in [3.05, 3.63) is 36.2 Å². The van der Waals surface area contributed by atoms with Crippen molar-refractivity contribution in [1.29, 1.82) is 0 Å². The van der Waals surface area contributed by atoms with E-state index in [4.69, 9.17) is 4.74 Å². The predicted molar refractivity (Wildman–Crippen MR) is 72.9 cm³/mol. The van der Waals surface area contributed by atoms with Crippen LogP contribution in [0, 0.1) is 0 Å². The van der Waals surface area contributed by atoms with Gasteiger partial charge in [0.15, 0.2) is 0 Å². The van der Waals surface area contributed by atoms with Gasteiger partial charge < -0.3 is 10.1 Å². The number of fused-ring (bicyclic) bond motifs is 1. The number of benzene rings is 1. The molecule has 1 aromatic heterocycles. The molecule has 0 saturated carbocycles. The number of methoxy groups -OCH3 is 1. The summed E-state index contributed by atoms with van der Waals surface area (Å²) in [5.41, 5.74) is 1.27. The quantitative estimate of drug-likeness (QED) is 0.645. The molecule has 0 spiro atoms. The summed E-state index contributed by atoms with van der Waals surface area (Å²) in [7, 11) is 1.29. The Kier molecular flexibility index (Phi) is 3.93. The van der Waals surface area contributed by atoms with Crippen LogP contribution in [0.5, 0.6) is 0 Å². The minimum absolute atomic E-state index is 0.310. The molecule has 1 atom stereocenters. The maximum Gasteiger partial charge on any atom is 0.331 e. The SMILES string of the molecule is COC(=O)[C@@](C)(Cc1ccc2nccnc2c1)NC=O. The van der Waals surface area contributed by atoms with Gasteiger partial charge in [-0.05, 0) is 24.6 Å². The highest BCUT2D eigenvalue weighted by molar-refractivity contribution is 5.83. The topological polar surface area (TPSA) is 81.2 Å². The van der Waals surface area contributed by atoms with Crippen molar-refractivity contribution in [2.75, 3.05) is 7.11 Å². The number of ether oxygens (including phenoxy) is 1. The number of carbonyl (C=O) groups excluding carboxylic acids is 2. The molecule has 1 amide bonds. The van der Waals surface area contributed by atoms with E-state index >= 15 is 0 Å². The van der Waals surface area contributed by atoms with Crippen molar-refractivity contribution in [2.24, 2.45) is 0 Å². The minimum Gasteiger partial charge on any atom is -0.467 e. The zero-order chi connectivity index (χ0) is 14.6. The van der Waals surface area contributed by atoms with Gasteiger partial charge in [0.1, 0.15) is 5.54 Å². The van der Waals surface area contributed by atoms with E-state index in [-0.39, 0.29) is 0 Å². The number of nitrogens with zero attached hydrogens (tertiary/aromatic N) is 2. The van der Waals surface area contributed by atoms with Crippen LogP contribution in [-0.4, -0.2) is 35.0 Å². The number of hydrogen-bond donors (Lipinski definition) is 1. The van der Waals surface area contributed by atoms with Crippen molar-refractivity contribution >= 4 is 23.4 Å². The first-order valence-electron chi connectivity index (χ1n) is 6.08. The van der Waals surface area contributed by atoms with Crippen LogP contribution in [0.2, 0.25) is 0 Å². The second kappa shape index (κ2) is 5.64. The molecule has 20 heavy (non-hydrogen) atoms. The average Bonchev–Trinajstić information content (AvgIpc) is 2.46. The summed E-state index contributed by atoms with van der Waals surface area (Å²) in [5.74, 6) is -0.496. The van der Waals surface area contributed by atoms with Crippen molar-refractivity contribution in [1.82, 2.24) is 15.3 Å². The fourth-order valence-electron chi connectivity index (χ4n) is 2.06. The van der Waals surface area contributed by atoms with E-state index < -0.39 is 11.5 Å². The van der Waals surface area contributed by atoms with E-state index in [1.807, 2.05) is 18.2 Å². The van der Waals surface area contributed by atoms with Gasteiger partial charge in [-0.2, -0.15) is 0 Å². The van der Waals surface area contributed by atoms with Crippen LogP contribution >= 0.6 is 0 Å². The number of nitrogens with one attached hydrogen (secondary N) is 1. The first-order valence-corrected chi connectivity index (χ1v) is 6.08. The molecule has 0 aliphatic heterocycles. The summed E-state index contributed by atoms with van der Waals surface area (Å²) in [4.78, 5) is 30.9. The zero-order valence-corrected chi connectivity index (χ0v) is 11.3. The summed E-state index contributed by atoms with van der Waals surface area (Å²) in [6.45, 7) is 1.62. The second-order valence-electron chi connectivity index (χ2n) is 4.64. The van der Waals surface area contributed by atoms with E-state index in [2.05, 4.69) is 15.3 Å². The fourth-order valence-corrected chi connectivity index (χ4v) is 2.06. The lowest BCUT2D eigenvalue weighted by Gasteiger charge is -2.25. The van der Waals surface area contributed by atoms with E-state index in [1.54, 1.807) is 19.3 Å². The van der Waals surface area contributed by atoms with Gasteiger partial charge in [-0.25, -0.2) is 4.79 Å². The van der Waals surface area contributed by atoms with Crippen LogP contribution in [0.3, 0.4) is 0 Å². The molecule has 0 unspecified atom stereocenters. The van der Waals surface area contributed by atoms with Crippen LogP contribution < -0.4 is 5.32 Å². The third kappa shape index (κ3) is 2.74. The molecule has 0 aliphatic carbocycles.